The molecule has 0 fully saturated rings. The topological polar surface area (TPSA) is 40.5 Å². The summed E-state index contributed by atoms with van der Waals surface area (Å²) in [5.74, 6) is 5.84. The Morgan fingerprint density at radius 1 is 1.06 bits per heavy atom. The molecule has 2 rings (SSSR count). The summed E-state index contributed by atoms with van der Waals surface area (Å²) in [6.45, 7) is 1.63. The van der Waals surface area contributed by atoms with Gasteiger partial charge in [-0.3, -0.25) is 0 Å². The molecule has 0 heterocycles. The summed E-state index contributed by atoms with van der Waals surface area (Å²) in [6, 6.07) is 10.9. The monoisotopic (exact) mass is 212 g/mol. The summed E-state index contributed by atoms with van der Waals surface area (Å²) in [5.41, 5.74) is 0.860. The second-order valence-electron chi connectivity index (χ2n) is 3.69. The van der Waals surface area contributed by atoms with E-state index in [4.69, 9.17) is 5.11 Å². The van der Waals surface area contributed by atoms with E-state index in [0.29, 0.717) is 0 Å². The molecule has 0 radical (unpaired) electrons. The van der Waals surface area contributed by atoms with Crippen molar-refractivity contribution in [2.75, 3.05) is 0 Å². The molecular weight excluding hydrogens is 200 g/mol. The number of hydrogen-bond acceptors (Lipinski definition) is 2. The van der Waals surface area contributed by atoms with Gasteiger partial charge in [0.1, 0.15) is 11.9 Å². The zero-order valence-electron chi connectivity index (χ0n) is 8.94. The Balaban J connectivity index is 2.46. The molecule has 0 saturated carbocycles. The molecule has 0 aliphatic rings. The second-order valence-corrected chi connectivity index (χ2v) is 3.69. The largest absolute Gasteiger partial charge is 0.508 e. The van der Waals surface area contributed by atoms with Gasteiger partial charge >= 0.3 is 0 Å². The summed E-state index contributed by atoms with van der Waals surface area (Å²) in [4.78, 5) is 0. The molecule has 0 aliphatic heterocycles. The number of fused-ring (bicyclic) bond motifs is 1. The van der Waals surface area contributed by atoms with Gasteiger partial charge in [-0.15, -0.1) is 0 Å². The molecule has 1 atom stereocenters. The standard InChI is InChI=1S/C14H12O2/c1-10(15)2-3-11-4-5-13-9-14(16)7-6-12(13)8-11/h4-10,15-16H,1H3. The zero-order chi connectivity index (χ0) is 11.5. The molecule has 2 N–H and O–H groups in total. The van der Waals surface area contributed by atoms with E-state index in [1.165, 1.54) is 0 Å². The number of hydrogen-bond donors (Lipinski definition) is 2. The fourth-order valence-electron chi connectivity index (χ4n) is 1.50. The van der Waals surface area contributed by atoms with Gasteiger partial charge in [-0.2, -0.15) is 0 Å². The summed E-state index contributed by atoms with van der Waals surface area (Å²) < 4.78 is 0. The predicted octanol–water partition coefficient (Wildman–Crippen LogP) is 2.28. The van der Waals surface area contributed by atoms with Gasteiger partial charge in [0.25, 0.3) is 0 Å². The fourth-order valence-corrected chi connectivity index (χ4v) is 1.50. The predicted molar refractivity (Wildman–Crippen MR) is 64.2 cm³/mol. The van der Waals surface area contributed by atoms with E-state index >= 15 is 0 Å². The molecule has 0 aliphatic carbocycles. The van der Waals surface area contributed by atoms with E-state index in [1.807, 2.05) is 24.3 Å². The Labute approximate surface area is 94.2 Å². The third-order valence-corrected chi connectivity index (χ3v) is 2.25. The van der Waals surface area contributed by atoms with Gasteiger partial charge in [-0.05, 0) is 42.0 Å². The van der Waals surface area contributed by atoms with Crippen LogP contribution in [-0.4, -0.2) is 16.3 Å². The van der Waals surface area contributed by atoms with Crippen LogP contribution in [0.2, 0.25) is 0 Å². The molecular formula is C14H12O2. The van der Waals surface area contributed by atoms with E-state index < -0.39 is 6.10 Å². The molecule has 2 aromatic rings. The molecule has 2 nitrogen and oxygen atoms in total. The third kappa shape index (κ3) is 2.33. The van der Waals surface area contributed by atoms with E-state index in [0.717, 1.165) is 16.3 Å². The normalized spacial score (nSPS) is 11.9. The van der Waals surface area contributed by atoms with Gasteiger partial charge in [0.05, 0.1) is 0 Å². The first-order chi connectivity index (χ1) is 7.65. The number of aliphatic hydroxyl groups is 1. The Morgan fingerprint density at radius 2 is 1.75 bits per heavy atom. The van der Waals surface area contributed by atoms with Crippen molar-refractivity contribution in [1.29, 1.82) is 0 Å². The Bertz CT molecular complexity index is 574. The van der Waals surface area contributed by atoms with E-state index in [2.05, 4.69) is 11.8 Å². The van der Waals surface area contributed by atoms with Crippen LogP contribution in [0.1, 0.15) is 12.5 Å². The molecule has 2 aromatic carbocycles. The average Bonchev–Trinajstić information content (AvgIpc) is 2.26. The smallest absolute Gasteiger partial charge is 0.116 e. The molecule has 2 heteroatoms. The van der Waals surface area contributed by atoms with Crippen molar-refractivity contribution in [3.63, 3.8) is 0 Å². The minimum Gasteiger partial charge on any atom is -0.508 e. The van der Waals surface area contributed by atoms with Crippen LogP contribution in [0.4, 0.5) is 0 Å². The van der Waals surface area contributed by atoms with Crippen LogP contribution in [0.5, 0.6) is 5.75 Å². The van der Waals surface area contributed by atoms with Crippen molar-refractivity contribution >= 4 is 10.8 Å². The Hall–Kier alpha value is -1.98. The molecule has 0 saturated heterocycles. The van der Waals surface area contributed by atoms with Crippen LogP contribution in [-0.2, 0) is 0 Å². The molecule has 1 unspecified atom stereocenters. The van der Waals surface area contributed by atoms with Gasteiger partial charge in [0, 0.05) is 5.56 Å². The maximum absolute atomic E-state index is 9.31. The zero-order valence-corrected chi connectivity index (χ0v) is 8.94. The second kappa shape index (κ2) is 4.26. The number of aliphatic hydroxyl groups excluding tert-OH is 1. The van der Waals surface area contributed by atoms with Crippen molar-refractivity contribution in [3.8, 4) is 17.6 Å². The molecule has 16 heavy (non-hydrogen) atoms. The molecule has 80 valence electrons. The highest BCUT2D eigenvalue weighted by atomic mass is 16.3. The van der Waals surface area contributed by atoms with E-state index in [-0.39, 0.29) is 5.75 Å². The first-order valence-corrected chi connectivity index (χ1v) is 5.07. The van der Waals surface area contributed by atoms with Gasteiger partial charge in [-0.25, -0.2) is 0 Å². The van der Waals surface area contributed by atoms with Crippen LogP contribution in [0.25, 0.3) is 10.8 Å². The first kappa shape index (κ1) is 10.5. The maximum Gasteiger partial charge on any atom is 0.116 e. The average molecular weight is 212 g/mol. The van der Waals surface area contributed by atoms with Crippen molar-refractivity contribution in [1.82, 2.24) is 0 Å². The minimum atomic E-state index is -0.615. The highest BCUT2D eigenvalue weighted by Gasteiger charge is 1.96. The molecule has 0 amide bonds. The lowest BCUT2D eigenvalue weighted by molar-refractivity contribution is 0.253. The summed E-state index contributed by atoms with van der Waals surface area (Å²) in [7, 11) is 0. The van der Waals surface area contributed by atoms with E-state index in [1.54, 1.807) is 19.1 Å². The number of phenolic OH excluding ortho intramolecular Hbond substituents is 1. The quantitative estimate of drug-likeness (QED) is 0.658. The fraction of sp³-hybridized carbons (Fsp3) is 0.143. The van der Waals surface area contributed by atoms with Crippen molar-refractivity contribution in [2.24, 2.45) is 0 Å². The first-order valence-electron chi connectivity index (χ1n) is 5.07. The minimum absolute atomic E-state index is 0.260. The lowest BCUT2D eigenvalue weighted by Crippen LogP contribution is -1.92. The number of rotatable bonds is 0. The van der Waals surface area contributed by atoms with Gasteiger partial charge in [-0.1, -0.05) is 24.0 Å². The van der Waals surface area contributed by atoms with Crippen LogP contribution >= 0.6 is 0 Å². The summed E-state index contributed by atoms with van der Waals surface area (Å²) >= 11 is 0. The van der Waals surface area contributed by atoms with Crippen molar-refractivity contribution < 1.29 is 10.2 Å². The molecule has 0 aromatic heterocycles. The lowest BCUT2D eigenvalue weighted by atomic mass is 10.1. The van der Waals surface area contributed by atoms with Crippen LogP contribution in [0.15, 0.2) is 36.4 Å². The summed E-state index contributed by atoms with van der Waals surface area (Å²) in [5, 5.41) is 20.4. The molecule has 0 bridgehead atoms. The van der Waals surface area contributed by atoms with E-state index in [9.17, 15) is 5.11 Å². The van der Waals surface area contributed by atoms with Gasteiger partial charge < -0.3 is 10.2 Å². The Morgan fingerprint density at radius 3 is 2.50 bits per heavy atom. The molecule has 0 spiro atoms. The number of aromatic hydroxyl groups is 1. The number of phenols is 1. The highest BCUT2D eigenvalue weighted by molar-refractivity contribution is 5.85. The van der Waals surface area contributed by atoms with Crippen molar-refractivity contribution in [3.05, 3.63) is 42.0 Å². The number of benzene rings is 2. The third-order valence-electron chi connectivity index (χ3n) is 2.25. The van der Waals surface area contributed by atoms with Crippen LogP contribution < -0.4 is 0 Å². The SMILES string of the molecule is CC(O)C#Cc1ccc2cc(O)ccc2c1. The highest BCUT2D eigenvalue weighted by Crippen LogP contribution is 2.20. The Kier molecular flexibility index (Phi) is 2.80. The van der Waals surface area contributed by atoms with Crippen LogP contribution in [0, 0.1) is 11.8 Å². The van der Waals surface area contributed by atoms with Crippen LogP contribution in [0.3, 0.4) is 0 Å². The maximum atomic E-state index is 9.31. The van der Waals surface area contributed by atoms with Gasteiger partial charge in [0.15, 0.2) is 0 Å². The van der Waals surface area contributed by atoms with Crippen molar-refractivity contribution in [2.45, 2.75) is 13.0 Å². The van der Waals surface area contributed by atoms with Gasteiger partial charge in [0.2, 0.25) is 0 Å². The lowest BCUT2D eigenvalue weighted by Gasteiger charge is -1.99. The summed E-state index contributed by atoms with van der Waals surface area (Å²) in [6.07, 6.45) is -0.615.